The number of nitrogens with one attached hydrogen (secondary N) is 1. The third kappa shape index (κ3) is 5.96. The van der Waals surface area contributed by atoms with Crippen molar-refractivity contribution in [2.75, 3.05) is 6.54 Å². The molecule has 2 rings (SSSR count). The number of rotatable bonds is 6. The second kappa shape index (κ2) is 8.18. The second-order valence-electron chi connectivity index (χ2n) is 5.82. The lowest BCUT2D eigenvalue weighted by Crippen LogP contribution is -2.45. The van der Waals surface area contributed by atoms with Gasteiger partial charge in [-0.15, -0.1) is 12.4 Å². The first-order chi connectivity index (χ1) is 10.7. The fraction of sp³-hybridized carbons (Fsp3) is 0.250. The van der Waals surface area contributed by atoms with E-state index in [2.05, 4.69) is 4.72 Å². The number of para-hydroxylation sites is 1. The SMILES string of the molecule is CC(C)(N)CNS(=O)(=O)c1ccc(Oc2ccccc2Cl)cc1.Cl. The molecule has 0 aliphatic carbocycles. The lowest BCUT2D eigenvalue weighted by molar-refractivity contribution is 0.482. The summed E-state index contributed by atoms with van der Waals surface area (Å²) in [6, 6.07) is 13.1. The molecule has 0 fully saturated rings. The van der Waals surface area contributed by atoms with Crippen LogP contribution < -0.4 is 15.2 Å². The van der Waals surface area contributed by atoms with Crippen LogP contribution >= 0.6 is 24.0 Å². The Morgan fingerprint density at radius 2 is 1.71 bits per heavy atom. The lowest BCUT2D eigenvalue weighted by Gasteiger charge is -2.19. The number of ether oxygens (including phenoxy) is 1. The van der Waals surface area contributed by atoms with Crippen molar-refractivity contribution >= 4 is 34.0 Å². The average molecular weight is 391 g/mol. The van der Waals surface area contributed by atoms with Crippen LogP contribution in [0.1, 0.15) is 13.8 Å². The maximum atomic E-state index is 12.2. The molecule has 0 spiro atoms. The highest BCUT2D eigenvalue weighted by Gasteiger charge is 2.18. The highest BCUT2D eigenvalue weighted by Crippen LogP contribution is 2.29. The summed E-state index contributed by atoms with van der Waals surface area (Å²) in [7, 11) is -3.60. The molecule has 2 aromatic rings. The van der Waals surface area contributed by atoms with Gasteiger partial charge in [-0.05, 0) is 50.2 Å². The van der Waals surface area contributed by atoms with Crippen molar-refractivity contribution in [3.05, 3.63) is 53.6 Å². The summed E-state index contributed by atoms with van der Waals surface area (Å²) in [5, 5.41) is 0.482. The average Bonchev–Trinajstić information content (AvgIpc) is 2.48. The highest BCUT2D eigenvalue weighted by atomic mass is 35.5. The second-order valence-corrected chi connectivity index (χ2v) is 7.99. The van der Waals surface area contributed by atoms with Crippen molar-refractivity contribution in [2.45, 2.75) is 24.3 Å². The van der Waals surface area contributed by atoms with Crippen molar-refractivity contribution in [2.24, 2.45) is 5.73 Å². The summed E-state index contributed by atoms with van der Waals surface area (Å²) in [4.78, 5) is 0.147. The Labute approximate surface area is 153 Å². The van der Waals surface area contributed by atoms with E-state index in [-0.39, 0.29) is 23.8 Å². The first kappa shape index (κ1) is 20.7. The van der Waals surface area contributed by atoms with E-state index >= 15 is 0 Å². The third-order valence-corrected chi connectivity index (χ3v) is 4.65. The van der Waals surface area contributed by atoms with E-state index in [0.29, 0.717) is 16.5 Å². The minimum atomic E-state index is -3.60. The first-order valence-electron chi connectivity index (χ1n) is 6.98. The van der Waals surface area contributed by atoms with Crippen molar-refractivity contribution < 1.29 is 13.2 Å². The van der Waals surface area contributed by atoms with Gasteiger partial charge in [0.25, 0.3) is 0 Å². The Hall–Kier alpha value is -1.31. The van der Waals surface area contributed by atoms with Crippen LogP contribution in [0.3, 0.4) is 0 Å². The van der Waals surface area contributed by atoms with Crippen LogP contribution in [-0.4, -0.2) is 20.5 Å². The minimum Gasteiger partial charge on any atom is -0.456 e. The summed E-state index contributed by atoms with van der Waals surface area (Å²) >= 11 is 6.02. The van der Waals surface area contributed by atoms with Crippen LogP contribution in [0.2, 0.25) is 5.02 Å². The predicted octanol–water partition coefficient (Wildman–Crippen LogP) is 3.57. The Morgan fingerprint density at radius 3 is 2.25 bits per heavy atom. The van der Waals surface area contributed by atoms with Gasteiger partial charge in [0, 0.05) is 12.1 Å². The number of nitrogens with two attached hydrogens (primary N) is 1. The number of hydrogen-bond donors (Lipinski definition) is 2. The third-order valence-electron chi connectivity index (χ3n) is 2.92. The van der Waals surface area contributed by atoms with Crippen LogP contribution in [0.4, 0.5) is 0 Å². The normalized spacial score (nSPS) is 11.7. The van der Waals surface area contributed by atoms with E-state index in [1.54, 1.807) is 50.2 Å². The maximum absolute atomic E-state index is 12.2. The molecule has 0 amide bonds. The number of benzene rings is 2. The minimum absolute atomic E-state index is 0. The fourth-order valence-electron chi connectivity index (χ4n) is 1.71. The van der Waals surface area contributed by atoms with Crippen LogP contribution in [-0.2, 0) is 10.0 Å². The number of halogens is 2. The molecule has 0 saturated carbocycles. The predicted molar refractivity (Wildman–Crippen MR) is 98.7 cm³/mol. The topological polar surface area (TPSA) is 81.4 Å². The molecule has 24 heavy (non-hydrogen) atoms. The lowest BCUT2D eigenvalue weighted by atomic mass is 10.1. The summed E-state index contributed by atoms with van der Waals surface area (Å²) in [5.41, 5.74) is 5.16. The zero-order chi connectivity index (χ0) is 17.1. The Bertz CT molecular complexity index is 773. The molecule has 0 aliphatic heterocycles. The standard InChI is InChI=1S/C16H19ClN2O3S.ClH/c1-16(2,18)11-19-23(20,21)13-9-7-12(8-10-13)22-15-6-4-3-5-14(15)17;/h3-10,19H,11,18H2,1-2H3;1H. The quantitative estimate of drug-likeness (QED) is 0.789. The van der Waals surface area contributed by atoms with Gasteiger partial charge in [0.2, 0.25) is 10.0 Å². The van der Waals surface area contributed by atoms with Crippen molar-refractivity contribution in [3.8, 4) is 11.5 Å². The van der Waals surface area contributed by atoms with E-state index in [4.69, 9.17) is 22.1 Å². The highest BCUT2D eigenvalue weighted by molar-refractivity contribution is 7.89. The van der Waals surface area contributed by atoms with Gasteiger partial charge in [-0.2, -0.15) is 0 Å². The molecule has 0 heterocycles. The molecule has 0 saturated heterocycles. The molecule has 0 radical (unpaired) electrons. The molecule has 0 bridgehead atoms. The van der Waals surface area contributed by atoms with Gasteiger partial charge in [0.05, 0.1) is 9.92 Å². The number of sulfonamides is 1. The van der Waals surface area contributed by atoms with Gasteiger partial charge in [-0.3, -0.25) is 0 Å². The fourth-order valence-corrected chi connectivity index (χ4v) is 3.10. The number of hydrogen-bond acceptors (Lipinski definition) is 4. The molecular weight excluding hydrogens is 371 g/mol. The van der Waals surface area contributed by atoms with Crippen LogP contribution in [0, 0.1) is 0 Å². The molecular formula is C16H20Cl2N2O3S. The van der Waals surface area contributed by atoms with Gasteiger partial charge in [0.15, 0.2) is 0 Å². The summed E-state index contributed by atoms with van der Waals surface area (Å²) in [6.45, 7) is 3.64. The van der Waals surface area contributed by atoms with Gasteiger partial charge in [-0.25, -0.2) is 13.1 Å². The van der Waals surface area contributed by atoms with Crippen molar-refractivity contribution in [1.29, 1.82) is 0 Å². The Kier molecular flexibility index (Phi) is 7.07. The molecule has 3 N–H and O–H groups in total. The van der Waals surface area contributed by atoms with Gasteiger partial charge in [-0.1, -0.05) is 23.7 Å². The van der Waals surface area contributed by atoms with E-state index in [0.717, 1.165) is 0 Å². The molecule has 0 aliphatic rings. The molecule has 132 valence electrons. The molecule has 0 atom stereocenters. The van der Waals surface area contributed by atoms with E-state index in [1.807, 2.05) is 0 Å². The monoisotopic (exact) mass is 390 g/mol. The van der Waals surface area contributed by atoms with Crippen LogP contribution in [0.5, 0.6) is 11.5 Å². The summed E-state index contributed by atoms with van der Waals surface area (Å²) < 4.78 is 32.5. The molecule has 0 aromatic heterocycles. The molecule has 0 unspecified atom stereocenters. The van der Waals surface area contributed by atoms with Gasteiger partial charge in [0.1, 0.15) is 11.5 Å². The smallest absolute Gasteiger partial charge is 0.240 e. The summed E-state index contributed by atoms with van der Waals surface area (Å²) in [6.07, 6.45) is 0. The molecule has 5 nitrogen and oxygen atoms in total. The van der Waals surface area contributed by atoms with Crippen LogP contribution in [0.15, 0.2) is 53.4 Å². The van der Waals surface area contributed by atoms with Crippen LogP contribution in [0.25, 0.3) is 0 Å². The largest absolute Gasteiger partial charge is 0.456 e. The maximum Gasteiger partial charge on any atom is 0.240 e. The van der Waals surface area contributed by atoms with Gasteiger partial charge < -0.3 is 10.5 Å². The van der Waals surface area contributed by atoms with Crippen molar-refractivity contribution in [1.82, 2.24) is 4.72 Å². The van der Waals surface area contributed by atoms with E-state index in [1.165, 1.54) is 12.1 Å². The first-order valence-corrected chi connectivity index (χ1v) is 8.84. The summed E-state index contributed by atoms with van der Waals surface area (Å²) in [5.74, 6) is 1.00. The van der Waals surface area contributed by atoms with E-state index in [9.17, 15) is 8.42 Å². The Balaban J connectivity index is 0.00000288. The van der Waals surface area contributed by atoms with E-state index < -0.39 is 15.6 Å². The zero-order valence-electron chi connectivity index (χ0n) is 13.3. The zero-order valence-corrected chi connectivity index (χ0v) is 15.7. The molecule has 8 heteroatoms. The molecule has 2 aromatic carbocycles. The van der Waals surface area contributed by atoms with Crippen molar-refractivity contribution in [3.63, 3.8) is 0 Å². The Morgan fingerprint density at radius 1 is 1.12 bits per heavy atom. The van der Waals surface area contributed by atoms with Gasteiger partial charge >= 0.3 is 0 Å².